The summed E-state index contributed by atoms with van der Waals surface area (Å²) in [7, 11) is 0. The average molecular weight is 481 g/mol. The van der Waals surface area contributed by atoms with Crippen LogP contribution in [0.1, 0.15) is 26.4 Å². The number of fused-ring (bicyclic) bond motifs is 1. The molecule has 174 valence electrons. The van der Waals surface area contributed by atoms with Crippen LogP contribution in [-0.4, -0.2) is 29.1 Å². The Morgan fingerprint density at radius 1 is 0.829 bits per heavy atom. The Balaban J connectivity index is 1.41. The molecule has 0 saturated heterocycles. The fourth-order valence-electron chi connectivity index (χ4n) is 4.12. The van der Waals surface area contributed by atoms with Crippen LogP contribution in [0.5, 0.6) is 0 Å². The molecule has 35 heavy (non-hydrogen) atoms. The lowest BCUT2D eigenvalue weighted by atomic mass is 10.1. The van der Waals surface area contributed by atoms with Crippen molar-refractivity contribution in [3.63, 3.8) is 0 Å². The largest absolute Gasteiger partial charge is 0.293 e. The van der Waals surface area contributed by atoms with Gasteiger partial charge in [-0.2, -0.15) is 5.10 Å². The summed E-state index contributed by atoms with van der Waals surface area (Å²) in [5.74, 6) is -0.560. The van der Waals surface area contributed by atoms with E-state index in [1.165, 1.54) is 22.5 Å². The molecule has 0 radical (unpaired) electrons. The van der Waals surface area contributed by atoms with E-state index in [2.05, 4.69) is 39.7 Å². The minimum absolute atomic E-state index is 0.233. The van der Waals surface area contributed by atoms with E-state index in [0.29, 0.717) is 30.2 Å². The van der Waals surface area contributed by atoms with Crippen LogP contribution in [0.15, 0.2) is 108 Å². The lowest BCUT2D eigenvalue weighted by Gasteiger charge is -2.28. The maximum absolute atomic E-state index is 13.5. The van der Waals surface area contributed by atoms with Gasteiger partial charge in [-0.05, 0) is 28.6 Å². The molecule has 4 aromatic rings. The first kappa shape index (κ1) is 22.7. The number of rotatable bonds is 8. The fraction of sp³-hybridized carbons (Fsp3) is 0.107. The highest BCUT2D eigenvalue weighted by molar-refractivity contribution is 7.12. The van der Waals surface area contributed by atoms with Crippen LogP contribution in [0.4, 0.5) is 5.69 Å². The summed E-state index contributed by atoms with van der Waals surface area (Å²) in [6, 6.07) is 31.5. The van der Waals surface area contributed by atoms with E-state index >= 15 is 0 Å². The molecule has 2 amide bonds. The molecule has 0 unspecified atom stereocenters. The Kier molecular flexibility index (Phi) is 6.79. The van der Waals surface area contributed by atoms with Crippen LogP contribution in [0.25, 0.3) is 0 Å². The molecule has 1 aromatic heterocycles. The number of hydrogen-bond acceptors (Lipinski definition) is 5. The lowest BCUT2D eigenvalue weighted by molar-refractivity contribution is -0.112. The fourth-order valence-corrected chi connectivity index (χ4v) is 4.73. The third-order valence-corrected chi connectivity index (χ3v) is 6.62. The number of anilines is 1. The summed E-state index contributed by atoms with van der Waals surface area (Å²) in [5.41, 5.74) is 6.62. The third kappa shape index (κ3) is 5.21. The van der Waals surface area contributed by atoms with Crippen molar-refractivity contribution in [3.05, 3.63) is 124 Å². The number of hydrazone groups is 1. The molecule has 0 bridgehead atoms. The Hall–Kier alpha value is -4.07. The number of thiophene rings is 1. The summed E-state index contributed by atoms with van der Waals surface area (Å²) in [6.07, 6.45) is 0. The topological polar surface area (TPSA) is 65.0 Å². The van der Waals surface area contributed by atoms with E-state index < -0.39 is 0 Å². The summed E-state index contributed by atoms with van der Waals surface area (Å²) in [6.45, 7) is 1.75. The number of hydrogen-bond donors (Lipinski definition) is 1. The van der Waals surface area contributed by atoms with Crippen LogP contribution in [-0.2, 0) is 17.9 Å². The van der Waals surface area contributed by atoms with Gasteiger partial charge >= 0.3 is 0 Å². The zero-order valence-corrected chi connectivity index (χ0v) is 19.8. The van der Waals surface area contributed by atoms with Gasteiger partial charge in [0.15, 0.2) is 5.71 Å². The van der Waals surface area contributed by atoms with E-state index in [1.807, 2.05) is 66.0 Å². The van der Waals surface area contributed by atoms with E-state index in [9.17, 15) is 9.59 Å². The summed E-state index contributed by atoms with van der Waals surface area (Å²) in [4.78, 5) is 30.4. The number of para-hydroxylation sites is 1. The van der Waals surface area contributed by atoms with Gasteiger partial charge in [-0.1, -0.05) is 84.9 Å². The van der Waals surface area contributed by atoms with Crippen molar-refractivity contribution in [3.8, 4) is 0 Å². The van der Waals surface area contributed by atoms with Gasteiger partial charge in [0.2, 0.25) is 0 Å². The van der Waals surface area contributed by atoms with Crippen LogP contribution < -0.4 is 10.3 Å². The smallest absolute Gasteiger partial charge is 0.281 e. The third-order valence-electron chi connectivity index (χ3n) is 5.75. The minimum atomic E-state index is -0.328. The molecule has 5 rings (SSSR count). The van der Waals surface area contributed by atoms with Crippen LogP contribution in [0.3, 0.4) is 0 Å². The molecule has 7 heteroatoms. The van der Waals surface area contributed by atoms with Crippen molar-refractivity contribution in [1.82, 2.24) is 10.3 Å². The highest BCUT2D eigenvalue weighted by Gasteiger charge is 2.35. The highest BCUT2D eigenvalue weighted by atomic mass is 32.1. The first-order valence-corrected chi connectivity index (χ1v) is 12.2. The zero-order chi connectivity index (χ0) is 24.0. The highest BCUT2D eigenvalue weighted by Crippen LogP contribution is 2.30. The number of benzene rings is 3. The van der Waals surface area contributed by atoms with E-state index in [-0.39, 0.29) is 17.5 Å². The van der Waals surface area contributed by atoms with Crippen molar-refractivity contribution in [2.75, 3.05) is 11.6 Å². The van der Waals surface area contributed by atoms with Gasteiger partial charge in [0.1, 0.15) is 0 Å². The average Bonchev–Trinajstić information content (AvgIpc) is 3.52. The molecule has 0 saturated carbocycles. The monoisotopic (exact) mass is 480 g/mol. The van der Waals surface area contributed by atoms with Crippen molar-refractivity contribution >= 4 is 34.6 Å². The minimum Gasteiger partial charge on any atom is -0.293 e. The second-order valence-electron chi connectivity index (χ2n) is 8.23. The summed E-state index contributed by atoms with van der Waals surface area (Å²) < 4.78 is 0. The number of nitrogens with zero attached hydrogens (tertiary/aromatic N) is 3. The molecule has 1 N–H and O–H groups in total. The Bertz CT molecular complexity index is 1300. The molecular weight excluding hydrogens is 456 g/mol. The molecule has 0 atom stereocenters. The van der Waals surface area contributed by atoms with Crippen LogP contribution >= 0.6 is 11.3 Å². The van der Waals surface area contributed by atoms with Crippen LogP contribution in [0.2, 0.25) is 0 Å². The van der Waals surface area contributed by atoms with Crippen LogP contribution in [0, 0.1) is 0 Å². The van der Waals surface area contributed by atoms with Gasteiger partial charge < -0.3 is 0 Å². The maximum atomic E-state index is 13.5. The van der Waals surface area contributed by atoms with Gasteiger partial charge in [-0.25, -0.2) is 5.43 Å². The van der Waals surface area contributed by atoms with Crippen molar-refractivity contribution < 1.29 is 9.59 Å². The van der Waals surface area contributed by atoms with E-state index in [1.54, 1.807) is 17.0 Å². The Labute approximate surface area is 208 Å². The Morgan fingerprint density at radius 2 is 1.46 bits per heavy atom. The van der Waals surface area contributed by atoms with E-state index in [0.717, 1.165) is 5.69 Å². The maximum Gasteiger partial charge on any atom is 0.281 e. The predicted molar refractivity (Wildman–Crippen MR) is 139 cm³/mol. The molecular formula is C28H24N4O2S. The van der Waals surface area contributed by atoms with Crippen molar-refractivity contribution in [2.24, 2.45) is 5.10 Å². The van der Waals surface area contributed by atoms with Gasteiger partial charge in [-0.3, -0.25) is 19.4 Å². The number of carbonyl (C=O) groups excluding carboxylic acids is 2. The molecule has 0 fully saturated rings. The number of carbonyl (C=O) groups is 2. The SMILES string of the molecule is O=C(N/N=C1\C(=O)N(CN(Cc2ccccc2)Cc2ccccc2)c2ccccc21)c1cccs1. The quantitative estimate of drug-likeness (QED) is 0.365. The zero-order valence-electron chi connectivity index (χ0n) is 19.0. The molecule has 2 heterocycles. The first-order chi connectivity index (χ1) is 17.2. The molecule has 0 aliphatic carbocycles. The van der Waals surface area contributed by atoms with Crippen molar-refractivity contribution in [2.45, 2.75) is 13.1 Å². The van der Waals surface area contributed by atoms with E-state index in [4.69, 9.17) is 0 Å². The summed E-state index contributed by atoms with van der Waals surface area (Å²) in [5, 5.41) is 6.07. The predicted octanol–water partition coefficient (Wildman–Crippen LogP) is 4.89. The summed E-state index contributed by atoms with van der Waals surface area (Å²) >= 11 is 1.33. The van der Waals surface area contributed by atoms with Gasteiger partial charge in [0.25, 0.3) is 11.8 Å². The Morgan fingerprint density at radius 3 is 2.09 bits per heavy atom. The molecule has 1 aliphatic heterocycles. The normalized spacial score (nSPS) is 13.9. The first-order valence-electron chi connectivity index (χ1n) is 11.3. The number of amides is 2. The standard InChI is InChI=1S/C28H24N4O2S/c33-27(25-16-9-17-35-25)30-29-26-23-14-7-8-15-24(23)32(28(26)34)20-31(18-21-10-3-1-4-11-21)19-22-12-5-2-6-13-22/h1-17H,18-20H2,(H,30,33)/b29-26-. The van der Waals surface area contributed by atoms with Crippen molar-refractivity contribution in [1.29, 1.82) is 0 Å². The lowest BCUT2D eigenvalue weighted by Crippen LogP contribution is -2.41. The molecule has 6 nitrogen and oxygen atoms in total. The second kappa shape index (κ2) is 10.5. The molecule has 1 aliphatic rings. The van der Waals surface area contributed by atoms with Gasteiger partial charge in [-0.15, -0.1) is 11.3 Å². The molecule has 0 spiro atoms. The number of nitrogens with one attached hydrogen (secondary N) is 1. The van der Waals surface area contributed by atoms with Gasteiger partial charge in [0, 0.05) is 18.7 Å². The van der Waals surface area contributed by atoms with Gasteiger partial charge in [0.05, 0.1) is 17.2 Å². The second-order valence-corrected chi connectivity index (χ2v) is 9.18. The molecule has 3 aromatic carbocycles.